The van der Waals surface area contributed by atoms with E-state index in [1.807, 2.05) is 6.92 Å². The molecule has 0 amide bonds. The first-order valence-electron chi connectivity index (χ1n) is 6.04. The second-order valence-corrected chi connectivity index (χ2v) is 4.11. The third-order valence-electron chi connectivity index (χ3n) is 2.22. The first-order valence-corrected chi connectivity index (χ1v) is 6.42. The summed E-state index contributed by atoms with van der Waals surface area (Å²) in [5.74, 6) is 1.30. The van der Waals surface area contributed by atoms with Crippen LogP contribution in [0.25, 0.3) is 0 Å². The van der Waals surface area contributed by atoms with Gasteiger partial charge in [-0.25, -0.2) is 4.98 Å². The van der Waals surface area contributed by atoms with E-state index in [0.29, 0.717) is 19.1 Å². The van der Waals surface area contributed by atoms with Crippen molar-refractivity contribution in [2.75, 3.05) is 18.5 Å². The van der Waals surface area contributed by atoms with Gasteiger partial charge in [-0.15, -0.1) is 0 Å². The number of rotatable bonds is 7. The van der Waals surface area contributed by atoms with Crippen LogP contribution in [0.5, 0.6) is 6.01 Å². The number of hydrogen-bond acceptors (Lipinski definition) is 6. The van der Waals surface area contributed by atoms with Crippen molar-refractivity contribution < 1.29 is 4.74 Å². The summed E-state index contributed by atoms with van der Waals surface area (Å²) in [6.07, 6.45) is 5.11. The molecule has 0 bridgehead atoms. The van der Waals surface area contributed by atoms with Gasteiger partial charge in [-0.1, -0.05) is 6.92 Å². The highest BCUT2D eigenvalue weighted by molar-refractivity contribution is 6.28. The van der Waals surface area contributed by atoms with Gasteiger partial charge in [0.1, 0.15) is 5.82 Å². The highest BCUT2D eigenvalue weighted by Gasteiger charge is 2.05. The second kappa shape index (κ2) is 6.89. The van der Waals surface area contributed by atoms with Gasteiger partial charge in [-0.3, -0.25) is 0 Å². The van der Waals surface area contributed by atoms with Gasteiger partial charge in [-0.05, 0) is 18.0 Å². The fourth-order valence-electron chi connectivity index (χ4n) is 1.40. The largest absolute Gasteiger partial charge is 0.463 e. The number of aromatic nitrogens is 5. The molecule has 102 valence electrons. The normalized spacial score (nSPS) is 10.4. The summed E-state index contributed by atoms with van der Waals surface area (Å²) in [7, 11) is 0. The van der Waals surface area contributed by atoms with Gasteiger partial charge in [0, 0.05) is 25.4 Å². The van der Waals surface area contributed by atoms with Gasteiger partial charge < -0.3 is 15.0 Å². The van der Waals surface area contributed by atoms with Crippen LogP contribution in [0.3, 0.4) is 0 Å². The summed E-state index contributed by atoms with van der Waals surface area (Å²) in [4.78, 5) is 19.1. The van der Waals surface area contributed by atoms with Crippen molar-refractivity contribution >= 4 is 17.5 Å². The number of nitrogens with one attached hydrogen (secondary N) is 2. The maximum absolute atomic E-state index is 5.81. The number of ether oxygens (including phenoxy) is 1. The average molecular weight is 283 g/mol. The van der Waals surface area contributed by atoms with Crippen molar-refractivity contribution in [2.24, 2.45) is 0 Å². The lowest BCUT2D eigenvalue weighted by molar-refractivity contribution is 0.291. The lowest BCUT2D eigenvalue weighted by Crippen LogP contribution is -2.11. The minimum absolute atomic E-state index is 0.113. The van der Waals surface area contributed by atoms with Crippen LogP contribution in [0.15, 0.2) is 12.4 Å². The van der Waals surface area contributed by atoms with Crippen LogP contribution in [0.1, 0.15) is 19.2 Å². The predicted octanol–water partition coefficient (Wildman–Crippen LogP) is 1.69. The van der Waals surface area contributed by atoms with Gasteiger partial charge >= 0.3 is 6.01 Å². The summed E-state index contributed by atoms with van der Waals surface area (Å²) in [6.45, 7) is 3.19. The Labute approximate surface area is 115 Å². The van der Waals surface area contributed by atoms with Gasteiger partial charge in [0.15, 0.2) is 0 Å². The number of imidazole rings is 1. The monoisotopic (exact) mass is 282 g/mol. The molecule has 0 aliphatic rings. The zero-order valence-corrected chi connectivity index (χ0v) is 11.3. The molecule has 2 N–H and O–H groups in total. The highest BCUT2D eigenvalue weighted by atomic mass is 35.5. The number of H-pyrrole nitrogens is 1. The smallest absolute Gasteiger partial charge is 0.322 e. The minimum atomic E-state index is 0.113. The summed E-state index contributed by atoms with van der Waals surface area (Å²) >= 11 is 5.81. The third-order valence-corrected chi connectivity index (χ3v) is 2.39. The van der Waals surface area contributed by atoms with Crippen molar-refractivity contribution in [3.63, 3.8) is 0 Å². The standard InChI is InChI=1S/C11H15ClN6O/c1-2-7-19-11-17-9(12)16-10(18-11)15-4-3-8-13-5-6-14-8/h5-6H,2-4,7H2,1H3,(H,13,14)(H,15,16,17,18). The number of halogens is 1. The molecule has 0 aliphatic heterocycles. The lowest BCUT2D eigenvalue weighted by atomic mass is 10.4. The van der Waals surface area contributed by atoms with Crippen molar-refractivity contribution in [1.82, 2.24) is 24.9 Å². The Morgan fingerprint density at radius 1 is 1.37 bits per heavy atom. The fraction of sp³-hybridized carbons (Fsp3) is 0.455. The molecule has 0 fully saturated rings. The third kappa shape index (κ3) is 4.36. The first-order chi connectivity index (χ1) is 9.28. The Balaban J connectivity index is 1.90. The average Bonchev–Trinajstić information content (AvgIpc) is 2.89. The maximum atomic E-state index is 5.81. The molecule has 0 radical (unpaired) electrons. The zero-order valence-electron chi connectivity index (χ0n) is 10.6. The summed E-state index contributed by atoms with van der Waals surface area (Å²) in [6, 6.07) is 0.238. The molecule has 0 spiro atoms. The number of aromatic amines is 1. The topological polar surface area (TPSA) is 88.6 Å². The fourth-order valence-corrected chi connectivity index (χ4v) is 1.55. The van der Waals surface area contributed by atoms with Crippen molar-refractivity contribution in [3.05, 3.63) is 23.5 Å². The van der Waals surface area contributed by atoms with E-state index in [0.717, 1.165) is 18.7 Å². The SMILES string of the molecule is CCCOc1nc(Cl)nc(NCCc2ncc[nH]2)n1. The molecule has 2 aromatic heterocycles. The Bertz CT molecular complexity index is 504. The van der Waals surface area contributed by atoms with Gasteiger partial charge in [-0.2, -0.15) is 15.0 Å². The van der Waals surface area contributed by atoms with Gasteiger partial charge in [0.2, 0.25) is 11.2 Å². The molecule has 19 heavy (non-hydrogen) atoms. The Morgan fingerprint density at radius 3 is 3.00 bits per heavy atom. The van der Waals surface area contributed by atoms with E-state index >= 15 is 0 Å². The Kier molecular flexibility index (Phi) is 4.91. The van der Waals surface area contributed by atoms with Crippen LogP contribution in [0.4, 0.5) is 5.95 Å². The van der Waals surface area contributed by atoms with Crippen LogP contribution in [-0.2, 0) is 6.42 Å². The highest BCUT2D eigenvalue weighted by Crippen LogP contribution is 2.11. The molecule has 8 heteroatoms. The Hall–Kier alpha value is -1.89. The summed E-state index contributed by atoms with van der Waals surface area (Å²) in [5, 5.41) is 3.17. The molecular formula is C11H15ClN6O. The van der Waals surface area contributed by atoms with Crippen molar-refractivity contribution in [3.8, 4) is 6.01 Å². The second-order valence-electron chi connectivity index (χ2n) is 3.77. The zero-order chi connectivity index (χ0) is 13.5. The van der Waals surface area contributed by atoms with Gasteiger partial charge in [0.25, 0.3) is 0 Å². The molecule has 0 aliphatic carbocycles. The van der Waals surface area contributed by atoms with Crippen LogP contribution in [-0.4, -0.2) is 38.1 Å². The molecule has 0 aromatic carbocycles. The molecule has 2 rings (SSSR count). The Morgan fingerprint density at radius 2 is 2.26 bits per heavy atom. The predicted molar refractivity (Wildman–Crippen MR) is 71.4 cm³/mol. The van der Waals surface area contributed by atoms with Crippen LogP contribution in [0, 0.1) is 0 Å². The molecule has 0 saturated carbocycles. The van der Waals surface area contributed by atoms with Crippen LogP contribution in [0.2, 0.25) is 5.28 Å². The molecule has 2 heterocycles. The molecule has 0 atom stereocenters. The molecule has 7 nitrogen and oxygen atoms in total. The van der Waals surface area contributed by atoms with Crippen LogP contribution < -0.4 is 10.1 Å². The lowest BCUT2D eigenvalue weighted by Gasteiger charge is -2.06. The van der Waals surface area contributed by atoms with E-state index in [1.165, 1.54) is 0 Å². The quantitative estimate of drug-likeness (QED) is 0.803. The van der Waals surface area contributed by atoms with Gasteiger partial charge in [0.05, 0.1) is 6.61 Å². The number of nitrogens with zero attached hydrogens (tertiary/aromatic N) is 4. The molecule has 0 saturated heterocycles. The number of hydrogen-bond donors (Lipinski definition) is 2. The summed E-state index contributed by atoms with van der Waals surface area (Å²) < 4.78 is 5.32. The first kappa shape index (κ1) is 13.5. The number of anilines is 1. The molecular weight excluding hydrogens is 268 g/mol. The maximum Gasteiger partial charge on any atom is 0.322 e. The van der Waals surface area contributed by atoms with Crippen molar-refractivity contribution in [2.45, 2.75) is 19.8 Å². The van der Waals surface area contributed by atoms with E-state index < -0.39 is 0 Å². The van der Waals surface area contributed by atoms with E-state index in [1.54, 1.807) is 12.4 Å². The van der Waals surface area contributed by atoms with Crippen molar-refractivity contribution in [1.29, 1.82) is 0 Å². The van der Waals surface area contributed by atoms with Crippen LogP contribution >= 0.6 is 11.6 Å². The summed E-state index contributed by atoms with van der Waals surface area (Å²) in [5.41, 5.74) is 0. The molecule has 2 aromatic rings. The van der Waals surface area contributed by atoms with E-state index in [-0.39, 0.29) is 11.3 Å². The van der Waals surface area contributed by atoms with E-state index in [9.17, 15) is 0 Å². The van der Waals surface area contributed by atoms with E-state index in [2.05, 4.69) is 30.2 Å². The van der Waals surface area contributed by atoms with E-state index in [4.69, 9.17) is 16.3 Å². The minimum Gasteiger partial charge on any atom is -0.463 e. The molecule has 0 unspecified atom stereocenters.